The van der Waals surface area contributed by atoms with Gasteiger partial charge in [-0.1, -0.05) is 12.1 Å². The van der Waals surface area contributed by atoms with Gasteiger partial charge in [-0.3, -0.25) is 4.90 Å². The normalized spacial score (nSPS) is 15.5. The van der Waals surface area contributed by atoms with Crippen molar-refractivity contribution in [3.05, 3.63) is 64.9 Å². The third-order valence-electron chi connectivity index (χ3n) is 5.38. The summed E-state index contributed by atoms with van der Waals surface area (Å²) in [5.41, 5.74) is 1.56. The number of ether oxygens (including phenoxy) is 2. The summed E-state index contributed by atoms with van der Waals surface area (Å²) in [6, 6.07) is 9.08. The van der Waals surface area contributed by atoms with Crippen LogP contribution in [0.5, 0.6) is 11.5 Å². The summed E-state index contributed by atoms with van der Waals surface area (Å²) in [5, 5.41) is 14.1. The first-order valence-corrected chi connectivity index (χ1v) is 10.2. The summed E-state index contributed by atoms with van der Waals surface area (Å²) in [5.74, 6) is 0.0853. The summed E-state index contributed by atoms with van der Waals surface area (Å²) < 4.78 is 39.4. The van der Waals surface area contributed by atoms with E-state index in [-0.39, 0.29) is 17.9 Å². The molecule has 0 bridgehead atoms. The molecule has 2 N–H and O–H groups in total. The first kappa shape index (κ1) is 21.9. The molecule has 0 saturated heterocycles. The van der Waals surface area contributed by atoms with Gasteiger partial charge in [0.1, 0.15) is 35.2 Å². The molecule has 0 spiro atoms. The van der Waals surface area contributed by atoms with E-state index in [9.17, 15) is 13.9 Å². The summed E-state index contributed by atoms with van der Waals surface area (Å²) in [6.45, 7) is 3.02. The average Bonchev–Trinajstić information content (AvgIpc) is 3.09. The number of rotatable bonds is 7. The van der Waals surface area contributed by atoms with E-state index in [2.05, 4.69) is 15.3 Å². The molecule has 0 saturated carbocycles. The quantitative estimate of drug-likeness (QED) is 0.575. The average molecular weight is 442 g/mol. The maximum absolute atomic E-state index is 14.4. The monoisotopic (exact) mass is 442 g/mol. The van der Waals surface area contributed by atoms with E-state index in [4.69, 9.17) is 9.47 Å². The van der Waals surface area contributed by atoms with Crippen molar-refractivity contribution >= 4 is 5.82 Å². The van der Waals surface area contributed by atoms with Gasteiger partial charge in [-0.05, 0) is 25.1 Å². The lowest BCUT2D eigenvalue weighted by atomic mass is 10.1. The van der Waals surface area contributed by atoms with E-state index in [1.807, 2.05) is 19.1 Å². The SMILES string of the molecule is CCNc1nc(-c2c(F)cccc2F)nc2c1C(O)N(Cc1ccc(OC)cc1OC)C2. The molecule has 2 aromatic carbocycles. The van der Waals surface area contributed by atoms with Gasteiger partial charge in [0.05, 0.1) is 31.0 Å². The molecular formula is C23H24F2N4O3. The molecule has 0 radical (unpaired) electrons. The predicted molar refractivity (Wildman–Crippen MR) is 115 cm³/mol. The molecule has 1 aliphatic heterocycles. The molecule has 1 aliphatic rings. The molecule has 0 fully saturated rings. The molecular weight excluding hydrogens is 418 g/mol. The fourth-order valence-electron chi connectivity index (χ4n) is 3.84. The number of aliphatic hydroxyl groups excluding tert-OH is 1. The van der Waals surface area contributed by atoms with Crippen molar-refractivity contribution in [1.82, 2.24) is 14.9 Å². The van der Waals surface area contributed by atoms with E-state index in [1.54, 1.807) is 25.2 Å². The van der Waals surface area contributed by atoms with Crippen molar-refractivity contribution in [2.45, 2.75) is 26.2 Å². The second kappa shape index (κ2) is 9.05. The highest BCUT2D eigenvalue weighted by atomic mass is 19.1. The van der Waals surface area contributed by atoms with Gasteiger partial charge in [-0.25, -0.2) is 18.7 Å². The van der Waals surface area contributed by atoms with Gasteiger partial charge in [-0.15, -0.1) is 0 Å². The summed E-state index contributed by atoms with van der Waals surface area (Å²) in [7, 11) is 3.14. The number of hydrogen-bond acceptors (Lipinski definition) is 7. The Labute approximate surface area is 184 Å². The Balaban J connectivity index is 1.71. The highest BCUT2D eigenvalue weighted by molar-refractivity contribution is 5.62. The van der Waals surface area contributed by atoms with Crippen LogP contribution in [0.3, 0.4) is 0 Å². The third kappa shape index (κ3) is 3.96. The molecule has 1 atom stereocenters. The maximum atomic E-state index is 14.4. The number of fused-ring (bicyclic) bond motifs is 1. The minimum Gasteiger partial charge on any atom is -0.497 e. The Hall–Kier alpha value is -3.30. The summed E-state index contributed by atoms with van der Waals surface area (Å²) >= 11 is 0. The zero-order valence-corrected chi connectivity index (χ0v) is 18.0. The highest BCUT2D eigenvalue weighted by Gasteiger charge is 2.35. The van der Waals surface area contributed by atoms with Crippen LogP contribution in [-0.4, -0.2) is 40.7 Å². The molecule has 4 rings (SSSR count). The zero-order chi connectivity index (χ0) is 22.8. The molecule has 32 heavy (non-hydrogen) atoms. The van der Waals surface area contributed by atoms with Crippen molar-refractivity contribution in [2.75, 3.05) is 26.1 Å². The van der Waals surface area contributed by atoms with Gasteiger partial charge in [0.2, 0.25) is 0 Å². The van der Waals surface area contributed by atoms with Crippen molar-refractivity contribution < 1.29 is 23.4 Å². The van der Waals surface area contributed by atoms with Crippen LogP contribution in [0.4, 0.5) is 14.6 Å². The Bertz CT molecular complexity index is 1120. The fourth-order valence-corrected chi connectivity index (χ4v) is 3.84. The third-order valence-corrected chi connectivity index (χ3v) is 5.38. The maximum Gasteiger partial charge on any atom is 0.167 e. The number of benzene rings is 2. The topological polar surface area (TPSA) is 79.7 Å². The first-order chi connectivity index (χ1) is 15.5. The molecule has 1 unspecified atom stereocenters. The number of nitrogens with one attached hydrogen (secondary N) is 1. The second-order valence-corrected chi connectivity index (χ2v) is 7.34. The standard InChI is InChI=1S/C23H24F2N4O3/c1-4-26-21-20-17(27-22(28-21)19-15(24)6-5-7-16(19)25)12-29(23(20)30)11-13-8-9-14(31-2)10-18(13)32-3/h5-10,23,30H,4,11-12H2,1-3H3,(H,26,27,28). The van der Waals surface area contributed by atoms with E-state index in [1.165, 1.54) is 18.2 Å². The number of halogens is 2. The molecule has 3 aromatic rings. The molecule has 0 aliphatic carbocycles. The minimum absolute atomic E-state index is 0.0635. The Morgan fingerprint density at radius 2 is 1.88 bits per heavy atom. The van der Waals surface area contributed by atoms with E-state index >= 15 is 0 Å². The number of hydrogen-bond donors (Lipinski definition) is 2. The van der Waals surface area contributed by atoms with Crippen LogP contribution < -0.4 is 14.8 Å². The van der Waals surface area contributed by atoms with E-state index < -0.39 is 17.9 Å². The fraction of sp³-hybridized carbons (Fsp3) is 0.304. The molecule has 168 valence electrons. The number of aromatic nitrogens is 2. The Morgan fingerprint density at radius 3 is 2.53 bits per heavy atom. The van der Waals surface area contributed by atoms with Crippen molar-refractivity contribution in [3.63, 3.8) is 0 Å². The van der Waals surface area contributed by atoms with Gasteiger partial charge >= 0.3 is 0 Å². The lowest BCUT2D eigenvalue weighted by molar-refractivity contribution is 0.00745. The predicted octanol–water partition coefficient (Wildman–Crippen LogP) is 3.88. The van der Waals surface area contributed by atoms with Crippen LogP contribution >= 0.6 is 0 Å². The minimum atomic E-state index is -0.995. The second-order valence-electron chi connectivity index (χ2n) is 7.34. The molecule has 2 heterocycles. The number of nitrogens with zero attached hydrogens (tertiary/aromatic N) is 3. The number of methoxy groups -OCH3 is 2. The number of aliphatic hydroxyl groups is 1. The van der Waals surface area contributed by atoms with Crippen LogP contribution in [0.2, 0.25) is 0 Å². The van der Waals surface area contributed by atoms with Gasteiger partial charge in [-0.2, -0.15) is 0 Å². The van der Waals surface area contributed by atoms with Gasteiger partial charge in [0, 0.05) is 31.3 Å². The zero-order valence-electron chi connectivity index (χ0n) is 18.0. The summed E-state index contributed by atoms with van der Waals surface area (Å²) in [4.78, 5) is 10.5. The van der Waals surface area contributed by atoms with Crippen LogP contribution in [0.15, 0.2) is 36.4 Å². The van der Waals surface area contributed by atoms with Crippen LogP contribution in [0.1, 0.15) is 30.0 Å². The van der Waals surface area contributed by atoms with Gasteiger partial charge < -0.3 is 19.9 Å². The van der Waals surface area contributed by atoms with Crippen LogP contribution in [-0.2, 0) is 13.1 Å². The summed E-state index contributed by atoms with van der Waals surface area (Å²) in [6.07, 6.45) is -0.995. The largest absolute Gasteiger partial charge is 0.497 e. The van der Waals surface area contributed by atoms with Crippen LogP contribution in [0.25, 0.3) is 11.4 Å². The lowest BCUT2D eigenvalue weighted by Crippen LogP contribution is -2.22. The van der Waals surface area contributed by atoms with Crippen LogP contribution in [0, 0.1) is 11.6 Å². The van der Waals surface area contributed by atoms with E-state index in [0.717, 1.165) is 5.56 Å². The molecule has 7 nitrogen and oxygen atoms in total. The number of anilines is 1. The van der Waals surface area contributed by atoms with E-state index in [0.29, 0.717) is 41.7 Å². The highest BCUT2D eigenvalue weighted by Crippen LogP contribution is 2.39. The molecule has 0 amide bonds. The smallest absolute Gasteiger partial charge is 0.167 e. The molecule has 1 aromatic heterocycles. The lowest BCUT2D eigenvalue weighted by Gasteiger charge is -2.22. The Morgan fingerprint density at radius 1 is 1.12 bits per heavy atom. The van der Waals surface area contributed by atoms with Crippen molar-refractivity contribution in [2.24, 2.45) is 0 Å². The van der Waals surface area contributed by atoms with Gasteiger partial charge in [0.15, 0.2) is 5.82 Å². The van der Waals surface area contributed by atoms with Crippen molar-refractivity contribution in [3.8, 4) is 22.9 Å². The first-order valence-electron chi connectivity index (χ1n) is 10.2. The molecule has 9 heteroatoms. The van der Waals surface area contributed by atoms with Crippen molar-refractivity contribution in [1.29, 1.82) is 0 Å². The Kier molecular flexibility index (Phi) is 6.20. The van der Waals surface area contributed by atoms with Gasteiger partial charge in [0.25, 0.3) is 0 Å².